The molecule has 3 aliphatic heterocycles. The average Bonchev–Trinajstić information content (AvgIpc) is 3.72. The van der Waals surface area contributed by atoms with Crippen molar-refractivity contribution in [2.45, 2.75) is 142 Å². The lowest BCUT2D eigenvalue weighted by Crippen LogP contribution is -3.00. The fourth-order valence-electron chi connectivity index (χ4n) is 7.51. The third kappa shape index (κ3) is 8.47. The van der Waals surface area contributed by atoms with E-state index in [0.717, 1.165) is 42.4 Å². The highest BCUT2D eigenvalue weighted by atomic mass is 79.9. The van der Waals surface area contributed by atoms with Crippen LogP contribution in [0.25, 0.3) is 22.0 Å². The van der Waals surface area contributed by atoms with E-state index in [-0.39, 0.29) is 17.0 Å². The number of nitrogens with zero attached hydrogens (tertiary/aromatic N) is 1. The molecule has 0 spiro atoms. The highest BCUT2D eigenvalue weighted by molar-refractivity contribution is 5.94. The van der Waals surface area contributed by atoms with Crippen LogP contribution in [-0.2, 0) is 19.4 Å². The molecular weight excluding hydrogens is 626 g/mol. The molecule has 0 bridgehead atoms. The van der Waals surface area contributed by atoms with Crippen molar-refractivity contribution in [1.29, 1.82) is 0 Å². The Morgan fingerprint density at radius 2 is 1.16 bits per heavy atom. The van der Waals surface area contributed by atoms with Crippen LogP contribution in [0.1, 0.15) is 134 Å². The number of pyridine rings is 1. The number of unbranched alkanes of at least 4 members (excludes halogenated alkanes) is 17. The van der Waals surface area contributed by atoms with Gasteiger partial charge in [-0.25, -0.2) is 0 Å². The van der Waals surface area contributed by atoms with Gasteiger partial charge in [0.15, 0.2) is 35.2 Å². The van der Waals surface area contributed by atoms with E-state index in [4.69, 9.17) is 18.9 Å². The molecular formula is C39H54BrNO4. The van der Waals surface area contributed by atoms with Gasteiger partial charge >= 0.3 is 0 Å². The van der Waals surface area contributed by atoms with Crippen LogP contribution in [0.2, 0.25) is 0 Å². The van der Waals surface area contributed by atoms with E-state index in [1.54, 1.807) is 0 Å². The Hall–Kier alpha value is -2.47. The van der Waals surface area contributed by atoms with Gasteiger partial charge in [-0.2, -0.15) is 4.57 Å². The van der Waals surface area contributed by atoms with Crippen molar-refractivity contribution >= 4 is 10.8 Å². The lowest BCUT2D eigenvalue weighted by molar-refractivity contribution is -0.693. The Labute approximate surface area is 281 Å². The smallest absolute Gasteiger partial charge is 0.231 e. The zero-order chi connectivity index (χ0) is 30.0. The molecule has 246 valence electrons. The van der Waals surface area contributed by atoms with Crippen molar-refractivity contribution in [3.05, 3.63) is 41.6 Å². The summed E-state index contributed by atoms with van der Waals surface area (Å²) in [4.78, 5) is 0. The maximum Gasteiger partial charge on any atom is 0.231 e. The number of hydrogen-bond donors (Lipinski definition) is 0. The molecule has 0 unspecified atom stereocenters. The van der Waals surface area contributed by atoms with E-state index in [1.165, 1.54) is 149 Å². The summed E-state index contributed by atoms with van der Waals surface area (Å²) in [5, 5.41) is 2.46. The second-order valence-electron chi connectivity index (χ2n) is 13.3. The van der Waals surface area contributed by atoms with Gasteiger partial charge in [-0.15, -0.1) is 0 Å². The molecule has 0 aliphatic carbocycles. The predicted octanol–water partition coefficient (Wildman–Crippen LogP) is 7.40. The zero-order valence-electron chi connectivity index (χ0n) is 27.6. The van der Waals surface area contributed by atoms with Crippen molar-refractivity contribution in [3.63, 3.8) is 0 Å². The number of halogens is 1. The van der Waals surface area contributed by atoms with Crippen LogP contribution in [-0.4, -0.2) is 13.6 Å². The minimum Gasteiger partial charge on any atom is -1.00 e. The molecule has 0 atom stereocenters. The molecule has 2 aromatic carbocycles. The molecule has 0 fully saturated rings. The van der Waals surface area contributed by atoms with Crippen LogP contribution in [0.4, 0.5) is 0 Å². The number of aromatic nitrogens is 1. The first-order chi connectivity index (χ1) is 21.8. The van der Waals surface area contributed by atoms with E-state index in [0.29, 0.717) is 13.6 Å². The molecule has 0 N–H and O–H groups in total. The largest absolute Gasteiger partial charge is 1.00 e. The van der Waals surface area contributed by atoms with E-state index < -0.39 is 0 Å². The minimum atomic E-state index is 0. The first-order valence-electron chi connectivity index (χ1n) is 18.0. The van der Waals surface area contributed by atoms with E-state index in [1.807, 2.05) is 0 Å². The van der Waals surface area contributed by atoms with Crippen molar-refractivity contribution in [2.75, 3.05) is 13.6 Å². The second-order valence-corrected chi connectivity index (χ2v) is 13.3. The zero-order valence-corrected chi connectivity index (χ0v) is 29.2. The summed E-state index contributed by atoms with van der Waals surface area (Å²) < 4.78 is 25.8. The Morgan fingerprint density at radius 1 is 0.600 bits per heavy atom. The van der Waals surface area contributed by atoms with E-state index in [2.05, 4.69) is 41.8 Å². The van der Waals surface area contributed by atoms with Gasteiger partial charge in [-0.05, 0) is 41.6 Å². The SMILES string of the molecule is CCCCCCCCCCCCCCCCCCCCc1c2c3c(ccc2cc2[n+]1CCc1cc4c(cc1-2)OCO4)OCO3.[Br-]. The van der Waals surface area contributed by atoms with Gasteiger partial charge in [0, 0.05) is 18.9 Å². The summed E-state index contributed by atoms with van der Waals surface area (Å²) in [6.07, 6.45) is 27.3. The van der Waals surface area contributed by atoms with Crippen molar-refractivity contribution in [3.8, 4) is 34.3 Å². The Morgan fingerprint density at radius 3 is 1.80 bits per heavy atom. The van der Waals surface area contributed by atoms with E-state index >= 15 is 0 Å². The molecule has 0 saturated heterocycles. The maximum absolute atomic E-state index is 6.04. The topological polar surface area (TPSA) is 40.8 Å². The molecule has 1 aromatic heterocycles. The summed E-state index contributed by atoms with van der Waals surface area (Å²) in [6, 6.07) is 11.0. The molecule has 3 aromatic rings. The molecule has 0 amide bonds. The molecule has 0 radical (unpaired) electrons. The van der Waals surface area contributed by atoms with Crippen LogP contribution in [0, 0.1) is 0 Å². The van der Waals surface area contributed by atoms with Gasteiger partial charge in [-0.1, -0.05) is 116 Å². The number of fused-ring (bicyclic) bond motifs is 7. The Bertz CT molecular complexity index is 1390. The van der Waals surface area contributed by atoms with Gasteiger partial charge in [0.25, 0.3) is 0 Å². The van der Waals surface area contributed by atoms with Crippen molar-refractivity contribution in [2.24, 2.45) is 0 Å². The highest BCUT2D eigenvalue weighted by Crippen LogP contribution is 2.44. The number of ether oxygens (including phenoxy) is 4. The standard InChI is InChI=1S/C39H54NO4.BrH/c1-2-3-4-5-6-7-8-9-10-11-12-13-14-15-16-17-18-19-20-33-38-31(21-22-35-39(38)44-29-41-35)25-34-32-27-37-36(42-28-43-37)26-30(32)23-24-40(33)34;/h21-22,25-27H,2-20,23-24,28-29H2,1H3;1H/q+1;/p-1. The monoisotopic (exact) mass is 679 g/mol. The van der Waals surface area contributed by atoms with Gasteiger partial charge < -0.3 is 35.9 Å². The molecule has 6 heteroatoms. The summed E-state index contributed by atoms with van der Waals surface area (Å²) in [5.74, 6) is 3.52. The van der Waals surface area contributed by atoms with Crippen molar-refractivity contribution < 1.29 is 40.5 Å². The Kier molecular flexibility index (Phi) is 13.1. The fourth-order valence-corrected chi connectivity index (χ4v) is 7.51. The number of benzene rings is 2. The van der Waals surface area contributed by atoms with Crippen LogP contribution in [0.15, 0.2) is 30.3 Å². The maximum atomic E-state index is 6.04. The molecule has 45 heavy (non-hydrogen) atoms. The van der Waals surface area contributed by atoms with E-state index in [9.17, 15) is 0 Å². The number of rotatable bonds is 19. The first-order valence-corrected chi connectivity index (χ1v) is 18.0. The molecule has 0 saturated carbocycles. The molecule has 5 nitrogen and oxygen atoms in total. The van der Waals surface area contributed by atoms with Crippen LogP contribution < -0.4 is 40.5 Å². The third-order valence-corrected chi connectivity index (χ3v) is 10.0. The normalized spacial score (nSPS) is 14.0. The summed E-state index contributed by atoms with van der Waals surface area (Å²) in [6.45, 7) is 3.88. The number of hydrogen-bond acceptors (Lipinski definition) is 4. The minimum absolute atomic E-state index is 0. The van der Waals surface area contributed by atoms with Gasteiger partial charge in [0.2, 0.25) is 19.3 Å². The summed E-state index contributed by atoms with van der Waals surface area (Å²) in [7, 11) is 0. The Balaban J connectivity index is 0.00000400. The highest BCUT2D eigenvalue weighted by Gasteiger charge is 2.33. The first kappa shape index (κ1) is 33.9. The quantitative estimate of drug-likeness (QED) is 0.0979. The van der Waals surface area contributed by atoms with Crippen LogP contribution in [0.3, 0.4) is 0 Å². The molecule has 6 rings (SSSR count). The summed E-state index contributed by atoms with van der Waals surface area (Å²) in [5.41, 5.74) is 5.26. The molecule has 3 aliphatic rings. The second kappa shape index (κ2) is 17.4. The average molecular weight is 681 g/mol. The number of aryl methyl sites for hydroxylation is 2. The fraction of sp³-hybridized carbons (Fsp3) is 0.615. The summed E-state index contributed by atoms with van der Waals surface area (Å²) >= 11 is 0. The predicted molar refractivity (Wildman–Crippen MR) is 178 cm³/mol. The lowest BCUT2D eigenvalue weighted by atomic mass is 9.92. The van der Waals surface area contributed by atoms with Crippen molar-refractivity contribution in [1.82, 2.24) is 0 Å². The third-order valence-electron chi connectivity index (χ3n) is 10.0. The van der Waals surface area contributed by atoms with Crippen LogP contribution >= 0.6 is 0 Å². The van der Waals surface area contributed by atoms with Crippen LogP contribution in [0.5, 0.6) is 23.0 Å². The van der Waals surface area contributed by atoms with Gasteiger partial charge in [0.1, 0.15) is 0 Å². The van der Waals surface area contributed by atoms with Gasteiger partial charge in [-0.3, -0.25) is 0 Å². The van der Waals surface area contributed by atoms with Gasteiger partial charge in [0.05, 0.1) is 10.9 Å². The lowest BCUT2D eigenvalue weighted by Gasteiger charge is -2.19. The molecule has 4 heterocycles.